The number of ether oxygens (including phenoxy) is 3. The second-order valence-electron chi connectivity index (χ2n) is 10.6. The lowest BCUT2D eigenvalue weighted by atomic mass is 9.85. The van der Waals surface area contributed by atoms with Crippen LogP contribution < -0.4 is 19.5 Å². The monoisotopic (exact) mass is 555 g/mol. The highest BCUT2D eigenvalue weighted by Gasteiger charge is 2.27. The van der Waals surface area contributed by atoms with Crippen LogP contribution in [0.5, 0.6) is 17.2 Å². The minimum Gasteiger partial charge on any atom is -0.496 e. The number of nitrogens with one attached hydrogen (secondary N) is 1. The van der Waals surface area contributed by atoms with Crippen LogP contribution >= 0.6 is 0 Å². The molecule has 0 bridgehead atoms. The van der Waals surface area contributed by atoms with Crippen molar-refractivity contribution in [2.24, 2.45) is 0 Å². The Kier molecular flexibility index (Phi) is 7.54. The molecule has 0 amide bonds. The number of hydrogen-bond acceptors (Lipinski definition) is 5. The van der Waals surface area contributed by atoms with Gasteiger partial charge < -0.3 is 19.5 Å². The van der Waals surface area contributed by atoms with Gasteiger partial charge in [0.2, 0.25) is 0 Å². The molecule has 1 N–H and O–H groups in total. The summed E-state index contributed by atoms with van der Waals surface area (Å²) < 4.78 is 45.1. The molecule has 0 saturated heterocycles. The molecule has 41 heavy (non-hydrogen) atoms. The number of carbonyl (C=O) groups excluding carboxylic acids is 1. The van der Waals surface area contributed by atoms with Crippen LogP contribution in [0.15, 0.2) is 78.9 Å². The van der Waals surface area contributed by atoms with Crippen molar-refractivity contribution in [3.63, 3.8) is 0 Å². The van der Waals surface area contributed by atoms with Gasteiger partial charge in [0.05, 0.1) is 18.2 Å². The van der Waals surface area contributed by atoms with Crippen LogP contribution in [0.4, 0.5) is 14.5 Å². The molecule has 0 spiro atoms. The number of benzene rings is 4. The third-order valence-corrected chi connectivity index (χ3v) is 7.00. The number of anilines is 1. The molecule has 0 unspecified atom stereocenters. The zero-order valence-electron chi connectivity index (χ0n) is 23.6. The Bertz CT molecular complexity index is 1680. The minimum absolute atomic E-state index is 0.104. The molecule has 1 aliphatic heterocycles. The van der Waals surface area contributed by atoms with Crippen LogP contribution in [0, 0.1) is 18.6 Å². The van der Waals surface area contributed by atoms with Gasteiger partial charge in [0.15, 0.2) is 0 Å². The molecule has 5 nitrogen and oxygen atoms in total. The fraction of sp³-hybridized carbons (Fsp3) is 0.206. The van der Waals surface area contributed by atoms with E-state index in [1.807, 2.05) is 25.1 Å². The van der Waals surface area contributed by atoms with E-state index in [0.717, 1.165) is 45.1 Å². The number of esters is 1. The molecule has 0 atom stereocenters. The fourth-order valence-electron chi connectivity index (χ4n) is 5.22. The molecule has 4 aromatic carbocycles. The molecule has 1 aliphatic rings. The number of allylic oxidation sites excluding steroid dienone is 1. The number of methoxy groups -OCH3 is 1. The van der Waals surface area contributed by atoms with Gasteiger partial charge in [-0.05, 0) is 86.9 Å². The molecule has 0 saturated carbocycles. The van der Waals surface area contributed by atoms with Gasteiger partial charge in [-0.1, -0.05) is 24.3 Å². The van der Waals surface area contributed by atoms with E-state index in [0.29, 0.717) is 11.5 Å². The van der Waals surface area contributed by atoms with Crippen molar-refractivity contribution >= 4 is 17.2 Å². The molecule has 5 rings (SSSR count). The topological polar surface area (TPSA) is 56.8 Å². The maximum atomic E-state index is 14.0. The van der Waals surface area contributed by atoms with E-state index in [4.69, 9.17) is 14.2 Å². The quantitative estimate of drug-likeness (QED) is 0.183. The Morgan fingerprint density at radius 3 is 2.39 bits per heavy atom. The van der Waals surface area contributed by atoms with Gasteiger partial charge in [-0.2, -0.15) is 0 Å². The summed E-state index contributed by atoms with van der Waals surface area (Å²) in [7, 11) is 1.54. The molecular weight excluding hydrogens is 524 g/mol. The van der Waals surface area contributed by atoms with Crippen LogP contribution in [-0.4, -0.2) is 18.6 Å². The molecule has 7 heteroatoms. The first kappa shape index (κ1) is 27.9. The standard InChI is InChI=1S/C34H31F2NO4/c1-20-9-10-24(36)16-30(20)40-19-28-26(13-14-29-32(28)21(2)18-34(3,4)37-29)27-12-11-25(17-31(27)39-5)41-33(38)22-7-6-8-23(35)15-22/h6-18,37H,19H2,1-5H3. The van der Waals surface area contributed by atoms with Crippen molar-refractivity contribution in [1.82, 2.24) is 0 Å². The largest absolute Gasteiger partial charge is 0.496 e. The van der Waals surface area contributed by atoms with Crippen molar-refractivity contribution in [3.8, 4) is 28.4 Å². The van der Waals surface area contributed by atoms with E-state index in [1.165, 1.54) is 37.4 Å². The molecule has 0 aliphatic carbocycles. The van der Waals surface area contributed by atoms with Crippen LogP contribution in [0.25, 0.3) is 16.7 Å². The Morgan fingerprint density at radius 1 is 0.878 bits per heavy atom. The summed E-state index contributed by atoms with van der Waals surface area (Å²) in [5.74, 6) is -0.377. The summed E-state index contributed by atoms with van der Waals surface area (Å²) in [5.41, 5.74) is 6.25. The highest BCUT2D eigenvalue weighted by Crippen LogP contribution is 2.43. The second-order valence-corrected chi connectivity index (χ2v) is 10.6. The van der Waals surface area contributed by atoms with Gasteiger partial charge in [-0.15, -0.1) is 0 Å². The van der Waals surface area contributed by atoms with Crippen molar-refractivity contribution in [2.75, 3.05) is 12.4 Å². The van der Waals surface area contributed by atoms with E-state index in [2.05, 4.69) is 32.2 Å². The normalized spacial score (nSPS) is 13.5. The first-order chi connectivity index (χ1) is 19.5. The molecule has 1 heterocycles. The van der Waals surface area contributed by atoms with E-state index < -0.39 is 11.8 Å². The lowest BCUT2D eigenvalue weighted by molar-refractivity contribution is 0.0734. The van der Waals surface area contributed by atoms with Gasteiger partial charge in [-0.25, -0.2) is 13.6 Å². The summed E-state index contributed by atoms with van der Waals surface area (Å²) in [6.45, 7) is 8.32. The average molecular weight is 556 g/mol. The van der Waals surface area contributed by atoms with Crippen LogP contribution in [0.1, 0.15) is 47.8 Å². The van der Waals surface area contributed by atoms with Gasteiger partial charge in [0.25, 0.3) is 0 Å². The van der Waals surface area contributed by atoms with Crippen LogP contribution in [-0.2, 0) is 6.61 Å². The smallest absolute Gasteiger partial charge is 0.343 e. The van der Waals surface area contributed by atoms with E-state index in [-0.39, 0.29) is 29.3 Å². The summed E-state index contributed by atoms with van der Waals surface area (Å²) in [5, 5.41) is 3.58. The van der Waals surface area contributed by atoms with Crippen molar-refractivity contribution in [1.29, 1.82) is 0 Å². The Hall–Kier alpha value is -4.65. The second kappa shape index (κ2) is 11.1. The maximum Gasteiger partial charge on any atom is 0.343 e. The van der Waals surface area contributed by atoms with E-state index in [1.54, 1.807) is 18.2 Å². The number of rotatable bonds is 7. The zero-order chi connectivity index (χ0) is 29.3. The van der Waals surface area contributed by atoms with Gasteiger partial charge in [-0.3, -0.25) is 0 Å². The van der Waals surface area contributed by atoms with Gasteiger partial charge in [0, 0.05) is 34.5 Å². The number of aryl methyl sites for hydroxylation is 1. The fourth-order valence-corrected chi connectivity index (χ4v) is 5.22. The molecule has 0 aromatic heterocycles. The van der Waals surface area contributed by atoms with Crippen molar-refractivity contribution < 1.29 is 27.8 Å². The summed E-state index contributed by atoms with van der Waals surface area (Å²) in [6.07, 6.45) is 2.17. The van der Waals surface area contributed by atoms with Crippen molar-refractivity contribution in [2.45, 2.75) is 39.8 Å². The van der Waals surface area contributed by atoms with Crippen molar-refractivity contribution in [3.05, 3.63) is 113 Å². The maximum absolute atomic E-state index is 14.0. The Balaban J connectivity index is 1.56. The van der Waals surface area contributed by atoms with Gasteiger partial charge >= 0.3 is 5.97 Å². The summed E-state index contributed by atoms with van der Waals surface area (Å²) >= 11 is 0. The third-order valence-electron chi connectivity index (χ3n) is 7.00. The average Bonchev–Trinajstić information content (AvgIpc) is 2.92. The summed E-state index contributed by atoms with van der Waals surface area (Å²) in [6, 6.07) is 18.9. The summed E-state index contributed by atoms with van der Waals surface area (Å²) in [4.78, 5) is 12.6. The number of hydrogen-bond donors (Lipinski definition) is 1. The first-order valence-corrected chi connectivity index (χ1v) is 13.2. The SMILES string of the molecule is COc1cc(OC(=O)c2cccc(F)c2)ccc1-c1ccc2c(c1COc1cc(F)ccc1C)C(C)=CC(C)(C)N2. The lowest BCUT2D eigenvalue weighted by Crippen LogP contribution is -2.32. The molecule has 0 fully saturated rings. The zero-order valence-corrected chi connectivity index (χ0v) is 23.6. The molecule has 4 aromatic rings. The van der Waals surface area contributed by atoms with E-state index >= 15 is 0 Å². The number of carbonyl (C=O) groups is 1. The van der Waals surface area contributed by atoms with Crippen LogP contribution in [0.2, 0.25) is 0 Å². The number of halogens is 2. The Labute approximate surface area is 238 Å². The highest BCUT2D eigenvalue weighted by atomic mass is 19.1. The van der Waals surface area contributed by atoms with Crippen LogP contribution in [0.3, 0.4) is 0 Å². The Morgan fingerprint density at radius 2 is 1.63 bits per heavy atom. The highest BCUT2D eigenvalue weighted by molar-refractivity contribution is 5.92. The molecule has 0 radical (unpaired) electrons. The predicted molar refractivity (Wildman–Crippen MR) is 157 cm³/mol. The number of fused-ring (bicyclic) bond motifs is 1. The minimum atomic E-state index is -0.679. The van der Waals surface area contributed by atoms with E-state index in [9.17, 15) is 13.6 Å². The lowest BCUT2D eigenvalue weighted by Gasteiger charge is -2.33. The first-order valence-electron chi connectivity index (χ1n) is 13.2. The van der Waals surface area contributed by atoms with Gasteiger partial charge in [0.1, 0.15) is 35.5 Å². The molecular formula is C34H31F2NO4. The predicted octanol–water partition coefficient (Wildman–Crippen LogP) is 8.35. The molecule has 210 valence electrons. The third kappa shape index (κ3) is 5.94.